The number of rotatable bonds is 4. The summed E-state index contributed by atoms with van der Waals surface area (Å²) in [4.78, 5) is 6.69. The van der Waals surface area contributed by atoms with Crippen LogP contribution in [0.2, 0.25) is 0 Å². The van der Waals surface area contributed by atoms with Gasteiger partial charge in [-0.15, -0.1) is 10.2 Å². The summed E-state index contributed by atoms with van der Waals surface area (Å²) in [6.07, 6.45) is 5.46. The van der Waals surface area contributed by atoms with E-state index in [1.54, 1.807) is 0 Å². The number of imidazole rings is 1. The van der Waals surface area contributed by atoms with Gasteiger partial charge in [-0.05, 0) is 49.2 Å². The van der Waals surface area contributed by atoms with Gasteiger partial charge in [-0.3, -0.25) is 4.40 Å². The Morgan fingerprint density at radius 3 is 2.80 bits per heavy atom. The van der Waals surface area contributed by atoms with Crippen molar-refractivity contribution in [3.05, 3.63) is 60.9 Å². The number of aliphatic hydroxyl groups is 1. The van der Waals surface area contributed by atoms with Gasteiger partial charge in [0.2, 0.25) is 0 Å². The molecular formula is C23H24N6O. The molecule has 1 unspecified atom stereocenters. The van der Waals surface area contributed by atoms with Gasteiger partial charge in [0, 0.05) is 43.1 Å². The van der Waals surface area contributed by atoms with Gasteiger partial charge in [-0.2, -0.15) is 0 Å². The van der Waals surface area contributed by atoms with Crippen molar-refractivity contribution >= 4 is 17.2 Å². The van der Waals surface area contributed by atoms with Crippen LogP contribution in [0.15, 0.2) is 60.9 Å². The molecular weight excluding hydrogens is 376 g/mol. The lowest BCUT2D eigenvalue weighted by Crippen LogP contribution is -2.38. The third-order valence-electron chi connectivity index (χ3n) is 5.63. The van der Waals surface area contributed by atoms with Gasteiger partial charge in [0.1, 0.15) is 5.65 Å². The first-order valence-corrected chi connectivity index (χ1v) is 10.2. The third kappa shape index (κ3) is 3.48. The Labute approximate surface area is 175 Å². The smallest absolute Gasteiger partial charge is 0.151 e. The van der Waals surface area contributed by atoms with Crippen molar-refractivity contribution < 1.29 is 5.11 Å². The standard InChI is InChI=1S/C23H24N6O/c1-24-18-5-2-4-17(12-18)21-14-25-23-13-16(9-11-29(21)23)20-7-8-22(27-26-20)28-10-3-6-19(30)15-28/h2,4-5,7-9,11-14,19,24,30H,3,6,10,15H2,1H3. The van der Waals surface area contributed by atoms with E-state index < -0.39 is 0 Å². The van der Waals surface area contributed by atoms with Crippen molar-refractivity contribution in [2.24, 2.45) is 0 Å². The summed E-state index contributed by atoms with van der Waals surface area (Å²) in [7, 11) is 1.92. The summed E-state index contributed by atoms with van der Waals surface area (Å²) in [5.41, 5.74) is 5.86. The number of benzene rings is 1. The average molecular weight is 400 g/mol. The molecule has 5 rings (SSSR count). The monoisotopic (exact) mass is 400 g/mol. The molecule has 0 amide bonds. The lowest BCUT2D eigenvalue weighted by atomic mass is 10.1. The van der Waals surface area contributed by atoms with E-state index in [0.717, 1.165) is 59.1 Å². The molecule has 1 atom stereocenters. The molecule has 152 valence electrons. The van der Waals surface area contributed by atoms with Crippen molar-refractivity contribution in [3.8, 4) is 22.5 Å². The quantitative estimate of drug-likeness (QED) is 0.546. The highest BCUT2D eigenvalue weighted by Crippen LogP contribution is 2.26. The lowest BCUT2D eigenvalue weighted by Gasteiger charge is -2.30. The summed E-state index contributed by atoms with van der Waals surface area (Å²) in [5.74, 6) is 0.811. The minimum atomic E-state index is -0.286. The molecule has 3 aromatic heterocycles. The molecule has 4 heterocycles. The predicted molar refractivity (Wildman–Crippen MR) is 119 cm³/mol. The van der Waals surface area contributed by atoms with Crippen molar-refractivity contribution in [1.82, 2.24) is 19.6 Å². The average Bonchev–Trinajstić information content (AvgIpc) is 3.22. The van der Waals surface area contributed by atoms with E-state index >= 15 is 0 Å². The van der Waals surface area contributed by atoms with E-state index in [4.69, 9.17) is 0 Å². The number of nitrogens with zero attached hydrogens (tertiary/aromatic N) is 5. The van der Waals surface area contributed by atoms with Crippen LogP contribution < -0.4 is 10.2 Å². The number of pyridine rings is 1. The second kappa shape index (κ2) is 7.76. The highest BCUT2D eigenvalue weighted by Gasteiger charge is 2.19. The highest BCUT2D eigenvalue weighted by atomic mass is 16.3. The Hall–Kier alpha value is -3.45. The molecule has 1 fully saturated rings. The zero-order valence-corrected chi connectivity index (χ0v) is 16.9. The van der Waals surface area contributed by atoms with E-state index in [1.807, 2.05) is 55.8 Å². The molecule has 2 N–H and O–H groups in total. The first-order valence-electron chi connectivity index (χ1n) is 10.2. The SMILES string of the molecule is CNc1cccc(-c2cnc3cc(-c4ccc(N5CCCC(O)C5)nn4)ccn23)c1. The van der Waals surface area contributed by atoms with E-state index in [2.05, 4.69) is 41.9 Å². The second-order valence-electron chi connectivity index (χ2n) is 7.64. The van der Waals surface area contributed by atoms with Crippen LogP contribution in [-0.2, 0) is 0 Å². The maximum Gasteiger partial charge on any atom is 0.151 e. The first-order chi connectivity index (χ1) is 14.7. The number of fused-ring (bicyclic) bond motifs is 1. The summed E-state index contributed by atoms with van der Waals surface area (Å²) < 4.78 is 2.08. The summed E-state index contributed by atoms with van der Waals surface area (Å²) in [6, 6.07) is 16.3. The van der Waals surface area contributed by atoms with Gasteiger partial charge in [0.25, 0.3) is 0 Å². The van der Waals surface area contributed by atoms with Crippen LogP contribution in [0, 0.1) is 0 Å². The molecule has 7 nitrogen and oxygen atoms in total. The molecule has 1 aromatic carbocycles. The van der Waals surface area contributed by atoms with Crippen LogP contribution in [0.5, 0.6) is 0 Å². The maximum absolute atomic E-state index is 9.89. The fraction of sp³-hybridized carbons (Fsp3) is 0.261. The van der Waals surface area contributed by atoms with Crippen molar-refractivity contribution in [3.63, 3.8) is 0 Å². The molecule has 0 aliphatic carbocycles. The van der Waals surface area contributed by atoms with Crippen LogP contribution >= 0.6 is 0 Å². The van der Waals surface area contributed by atoms with Gasteiger partial charge in [0.15, 0.2) is 5.82 Å². The van der Waals surface area contributed by atoms with Crippen LogP contribution in [0.4, 0.5) is 11.5 Å². The number of hydrogen-bond donors (Lipinski definition) is 2. The minimum absolute atomic E-state index is 0.286. The highest BCUT2D eigenvalue weighted by molar-refractivity contribution is 5.71. The maximum atomic E-state index is 9.89. The Bertz CT molecular complexity index is 1170. The van der Waals surface area contributed by atoms with Crippen molar-refractivity contribution in [1.29, 1.82) is 0 Å². The number of hydrogen-bond acceptors (Lipinski definition) is 6. The molecule has 0 saturated carbocycles. The van der Waals surface area contributed by atoms with Crippen LogP contribution in [0.3, 0.4) is 0 Å². The largest absolute Gasteiger partial charge is 0.391 e. The molecule has 4 aromatic rings. The number of β-amino-alcohol motifs (C(OH)–C–C–N with tert-alkyl or cyclic N) is 1. The Kier molecular flexibility index (Phi) is 4.80. The lowest BCUT2D eigenvalue weighted by molar-refractivity contribution is 0.154. The van der Waals surface area contributed by atoms with Gasteiger partial charge >= 0.3 is 0 Å². The van der Waals surface area contributed by atoms with Crippen LogP contribution in [-0.4, -0.2) is 50.9 Å². The molecule has 1 aliphatic heterocycles. The van der Waals surface area contributed by atoms with E-state index in [1.165, 1.54) is 0 Å². The summed E-state index contributed by atoms with van der Waals surface area (Å²) in [5, 5.41) is 21.9. The van der Waals surface area contributed by atoms with E-state index in [-0.39, 0.29) is 6.10 Å². The fourth-order valence-corrected chi connectivity index (χ4v) is 4.00. The Balaban J connectivity index is 1.43. The normalized spacial score (nSPS) is 16.7. The fourth-order valence-electron chi connectivity index (χ4n) is 4.00. The Morgan fingerprint density at radius 2 is 2.00 bits per heavy atom. The number of anilines is 2. The number of piperidine rings is 1. The zero-order chi connectivity index (χ0) is 20.5. The van der Waals surface area contributed by atoms with Crippen molar-refractivity contribution in [2.75, 3.05) is 30.4 Å². The number of aromatic nitrogens is 4. The molecule has 7 heteroatoms. The summed E-state index contributed by atoms with van der Waals surface area (Å²) in [6.45, 7) is 1.52. The van der Waals surface area contributed by atoms with E-state index in [9.17, 15) is 5.11 Å². The third-order valence-corrected chi connectivity index (χ3v) is 5.63. The minimum Gasteiger partial charge on any atom is -0.391 e. The first kappa shape index (κ1) is 18.6. The number of nitrogens with one attached hydrogen (secondary N) is 1. The molecule has 1 aliphatic rings. The van der Waals surface area contributed by atoms with Crippen LogP contribution in [0.1, 0.15) is 12.8 Å². The predicted octanol–water partition coefficient (Wildman–Crippen LogP) is 3.46. The van der Waals surface area contributed by atoms with Crippen molar-refractivity contribution in [2.45, 2.75) is 18.9 Å². The Morgan fingerprint density at radius 1 is 1.07 bits per heavy atom. The molecule has 1 saturated heterocycles. The molecule has 30 heavy (non-hydrogen) atoms. The zero-order valence-electron chi connectivity index (χ0n) is 16.9. The molecule has 0 bridgehead atoms. The van der Waals surface area contributed by atoms with Gasteiger partial charge in [-0.1, -0.05) is 12.1 Å². The second-order valence-corrected chi connectivity index (χ2v) is 7.64. The van der Waals surface area contributed by atoms with Gasteiger partial charge < -0.3 is 15.3 Å². The van der Waals surface area contributed by atoms with Gasteiger partial charge in [-0.25, -0.2) is 4.98 Å². The van der Waals surface area contributed by atoms with Crippen LogP contribution in [0.25, 0.3) is 28.2 Å². The number of aliphatic hydroxyl groups excluding tert-OH is 1. The molecule has 0 spiro atoms. The van der Waals surface area contributed by atoms with E-state index in [0.29, 0.717) is 6.54 Å². The topological polar surface area (TPSA) is 78.6 Å². The van der Waals surface area contributed by atoms with Gasteiger partial charge in [0.05, 0.1) is 23.7 Å². The summed E-state index contributed by atoms with van der Waals surface area (Å²) >= 11 is 0. The molecule has 0 radical (unpaired) electrons.